The molecular formula is C11H23BrS. The van der Waals surface area contributed by atoms with Crippen LogP contribution in [0.25, 0.3) is 0 Å². The maximum Gasteiger partial charge on any atom is 0.00313 e. The first-order valence-corrected chi connectivity index (χ1v) is 7.83. The van der Waals surface area contributed by atoms with Gasteiger partial charge in [0.05, 0.1) is 0 Å². The molecule has 80 valence electrons. The van der Waals surface area contributed by atoms with Gasteiger partial charge in [-0.1, -0.05) is 55.0 Å². The number of thioether (sulfide) groups is 1. The van der Waals surface area contributed by atoms with Crippen LogP contribution < -0.4 is 0 Å². The van der Waals surface area contributed by atoms with Crippen LogP contribution in [0.3, 0.4) is 0 Å². The van der Waals surface area contributed by atoms with Gasteiger partial charge in [-0.2, -0.15) is 11.8 Å². The second kappa shape index (κ2) is 12.8. The highest BCUT2D eigenvalue weighted by molar-refractivity contribution is 9.09. The summed E-state index contributed by atoms with van der Waals surface area (Å²) in [6.07, 6.45) is 9.97. The maximum absolute atomic E-state index is 3.46. The van der Waals surface area contributed by atoms with Gasteiger partial charge in [0, 0.05) is 5.33 Å². The highest BCUT2D eigenvalue weighted by Gasteiger charge is 1.91. The van der Waals surface area contributed by atoms with Gasteiger partial charge in [-0.05, 0) is 24.3 Å². The Morgan fingerprint density at radius 3 is 1.92 bits per heavy atom. The summed E-state index contributed by atoms with van der Waals surface area (Å²) in [5.41, 5.74) is 0. The first-order valence-electron chi connectivity index (χ1n) is 5.55. The van der Waals surface area contributed by atoms with Gasteiger partial charge in [0.2, 0.25) is 0 Å². The molecule has 0 amide bonds. The number of hydrogen-bond acceptors (Lipinski definition) is 1. The predicted molar refractivity (Wildman–Crippen MR) is 69.1 cm³/mol. The van der Waals surface area contributed by atoms with E-state index in [0.717, 1.165) is 0 Å². The molecule has 0 nitrogen and oxygen atoms in total. The van der Waals surface area contributed by atoms with Gasteiger partial charge in [-0.15, -0.1) is 0 Å². The minimum atomic E-state index is 1.18. The largest absolute Gasteiger partial charge is 0.162 e. The van der Waals surface area contributed by atoms with Crippen LogP contribution in [0.5, 0.6) is 0 Å². The van der Waals surface area contributed by atoms with Gasteiger partial charge in [-0.3, -0.25) is 0 Å². The monoisotopic (exact) mass is 266 g/mol. The smallest absolute Gasteiger partial charge is 0.00313 e. The van der Waals surface area contributed by atoms with Gasteiger partial charge in [-0.25, -0.2) is 0 Å². The molecule has 2 heteroatoms. The first kappa shape index (κ1) is 13.8. The average molecular weight is 267 g/mol. The molecule has 0 fully saturated rings. The first-order chi connectivity index (χ1) is 6.41. The molecule has 0 rings (SSSR count). The topological polar surface area (TPSA) is 0 Å². The van der Waals surface area contributed by atoms with Crippen molar-refractivity contribution in [3.05, 3.63) is 0 Å². The summed E-state index contributed by atoms with van der Waals surface area (Å²) in [6, 6.07) is 0. The molecule has 0 saturated heterocycles. The Labute approximate surface area is 96.4 Å². The Hall–Kier alpha value is 0.830. The SMILES string of the molecule is CCSCCCCCCCCCBr. The van der Waals surface area contributed by atoms with E-state index in [1.54, 1.807) is 0 Å². The molecule has 13 heavy (non-hydrogen) atoms. The Morgan fingerprint density at radius 2 is 1.38 bits per heavy atom. The molecule has 0 heterocycles. The number of unbranched alkanes of at least 4 members (excludes halogenated alkanes) is 6. The Kier molecular flexibility index (Phi) is 13.6. The fourth-order valence-corrected chi connectivity index (χ4v) is 2.42. The number of alkyl halides is 1. The molecule has 0 aliphatic carbocycles. The van der Waals surface area contributed by atoms with Crippen LogP contribution in [-0.4, -0.2) is 16.8 Å². The molecule has 0 saturated carbocycles. The zero-order chi connectivity index (χ0) is 9.78. The van der Waals surface area contributed by atoms with Crippen LogP contribution in [0.15, 0.2) is 0 Å². The van der Waals surface area contributed by atoms with Crippen LogP contribution in [-0.2, 0) is 0 Å². The number of hydrogen-bond donors (Lipinski definition) is 0. The molecule has 0 atom stereocenters. The van der Waals surface area contributed by atoms with Gasteiger partial charge >= 0.3 is 0 Å². The van der Waals surface area contributed by atoms with Crippen LogP contribution in [0.1, 0.15) is 51.9 Å². The predicted octanol–water partition coefficient (Wildman–Crippen LogP) is 4.87. The maximum atomic E-state index is 3.46. The van der Waals surface area contributed by atoms with Crippen LogP contribution in [0.2, 0.25) is 0 Å². The van der Waals surface area contributed by atoms with Crippen molar-refractivity contribution in [3.8, 4) is 0 Å². The van der Waals surface area contributed by atoms with Crippen molar-refractivity contribution in [3.63, 3.8) is 0 Å². The molecule has 0 unspecified atom stereocenters. The fourth-order valence-electron chi connectivity index (χ4n) is 1.33. The molecule has 0 aliphatic rings. The van der Waals surface area contributed by atoms with Crippen molar-refractivity contribution in [1.29, 1.82) is 0 Å². The van der Waals surface area contributed by atoms with E-state index in [0.29, 0.717) is 0 Å². The Bertz CT molecular complexity index is 76.2. The highest BCUT2D eigenvalue weighted by atomic mass is 79.9. The number of halogens is 1. The molecule has 0 aliphatic heterocycles. The van der Waals surface area contributed by atoms with E-state index in [4.69, 9.17) is 0 Å². The van der Waals surface area contributed by atoms with Crippen LogP contribution in [0.4, 0.5) is 0 Å². The van der Waals surface area contributed by atoms with Crippen LogP contribution in [0, 0.1) is 0 Å². The summed E-state index contributed by atoms with van der Waals surface area (Å²) in [7, 11) is 0. The summed E-state index contributed by atoms with van der Waals surface area (Å²) in [4.78, 5) is 0. The summed E-state index contributed by atoms with van der Waals surface area (Å²) >= 11 is 5.53. The van der Waals surface area contributed by atoms with Gasteiger partial charge in [0.25, 0.3) is 0 Å². The average Bonchev–Trinajstić information content (AvgIpc) is 2.16. The molecule has 0 spiro atoms. The molecule has 0 N–H and O–H groups in total. The van der Waals surface area contributed by atoms with E-state index in [1.165, 1.54) is 61.8 Å². The number of rotatable bonds is 10. The summed E-state index contributed by atoms with van der Waals surface area (Å²) in [5, 5.41) is 1.18. The third kappa shape index (κ3) is 12.8. The minimum Gasteiger partial charge on any atom is -0.162 e. The molecule has 0 bridgehead atoms. The quantitative estimate of drug-likeness (QED) is 0.402. The Morgan fingerprint density at radius 1 is 0.846 bits per heavy atom. The van der Waals surface area contributed by atoms with Crippen molar-refractivity contribution in [2.24, 2.45) is 0 Å². The Balaban J connectivity index is 2.76. The fraction of sp³-hybridized carbons (Fsp3) is 1.00. The van der Waals surface area contributed by atoms with Crippen molar-refractivity contribution >= 4 is 27.7 Å². The lowest BCUT2D eigenvalue weighted by atomic mass is 10.1. The molecule has 0 aromatic carbocycles. The van der Waals surface area contributed by atoms with Crippen molar-refractivity contribution in [1.82, 2.24) is 0 Å². The van der Waals surface area contributed by atoms with E-state index < -0.39 is 0 Å². The van der Waals surface area contributed by atoms with Crippen molar-refractivity contribution < 1.29 is 0 Å². The summed E-state index contributed by atoms with van der Waals surface area (Å²) in [6.45, 7) is 2.24. The summed E-state index contributed by atoms with van der Waals surface area (Å²) < 4.78 is 0. The lowest BCUT2D eigenvalue weighted by Gasteiger charge is -2.00. The lowest BCUT2D eigenvalue weighted by Crippen LogP contribution is -1.83. The van der Waals surface area contributed by atoms with Gasteiger partial charge < -0.3 is 0 Å². The minimum absolute atomic E-state index is 1.18. The molecular weight excluding hydrogens is 244 g/mol. The van der Waals surface area contributed by atoms with Crippen LogP contribution >= 0.6 is 27.7 Å². The normalized spacial score (nSPS) is 10.6. The standard InChI is InChI=1S/C11H23BrS/c1-2-13-11-9-7-5-3-4-6-8-10-12/h2-11H2,1H3. The third-order valence-corrected chi connectivity index (χ3v) is 3.67. The van der Waals surface area contributed by atoms with Crippen molar-refractivity contribution in [2.45, 2.75) is 51.9 Å². The van der Waals surface area contributed by atoms with E-state index >= 15 is 0 Å². The van der Waals surface area contributed by atoms with E-state index in [1.807, 2.05) is 0 Å². The lowest BCUT2D eigenvalue weighted by molar-refractivity contribution is 0.606. The van der Waals surface area contributed by atoms with Gasteiger partial charge in [0.1, 0.15) is 0 Å². The van der Waals surface area contributed by atoms with Gasteiger partial charge in [0.15, 0.2) is 0 Å². The highest BCUT2D eigenvalue weighted by Crippen LogP contribution is 2.10. The van der Waals surface area contributed by atoms with E-state index in [-0.39, 0.29) is 0 Å². The van der Waals surface area contributed by atoms with Crippen molar-refractivity contribution in [2.75, 3.05) is 16.8 Å². The second-order valence-electron chi connectivity index (χ2n) is 3.36. The van der Waals surface area contributed by atoms with E-state index in [2.05, 4.69) is 34.6 Å². The zero-order valence-electron chi connectivity index (χ0n) is 8.86. The third-order valence-electron chi connectivity index (χ3n) is 2.13. The molecule has 0 aromatic rings. The van der Waals surface area contributed by atoms with E-state index in [9.17, 15) is 0 Å². The molecule has 0 aromatic heterocycles. The molecule has 0 radical (unpaired) electrons. The summed E-state index contributed by atoms with van der Waals surface area (Å²) in [5.74, 6) is 2.66. The second-order valence-corrected chi connectivity index (χ2v) is 5.55. The zero-order valence-corrected chi connectivity index (χ0v) is 11.3.